The van der Waals surface area contributed by atoms with Gasteiger partial charge in [-0.25, -0.2) is 4.79 Å². The van der Waals surface area contributed by atoms with E-state index in [1.54, 1.807) is 12.1 Å². The quantitative estimate of drug-likeness (QED) is 0.439. The molecule has 3 aromatic rings. The zero-order valence-electron chi connectivity index (χ0n) is 16.6. The summed E-state index contributed by atoms with van der Waals surface area (Å²) in [4.78, 5) is 24.5. The van der Waals surface area contributed by atoms with Gasteiger partial charge in [-0.1, -0.05) is 13.3 Å². The molecule has 0 saturated heterocycles. The maximum Gasteiger partial charge on any atom is 0.336 e. The molecule has 4 rings (SSSR count). The number of aryl methyl sites for hydroxylation is 2. The van der Waals surface area contributed by atoms with Gasteiger partial charge in [0, 0.05) is 40.5 Å². The van der Waals surface area contributed by atoms with Crippen LogP contribution in [0.4, 0.5) is 0 Å². The Balaban J connectivity index is 1.53. The van der Waals surface area contributed by atoms with Crippen LogP contribution in [0, 0.1) is 13.8 Å². The van der Waals surface area contributed by atoms with Gasteiger partial charge in [-0.2, -0.15) is 0 Å². The molecule has 5 heteroatoms. The molecule has 1 saturated carbocycles. The third-order valence-corrected chi connectivity index (χ3v) is 5.39. The Hall–Kier alpha value is -2.82. The molecule has 0 amide bonds. The van der Waals surface area contributed by atoms with Crippen molar-refractivity contribution >= 4 is 16.8 Å². The fraction of sp³-hybridized carbons (Fsp3) is 0.391. The number of rotatable bonds is 7. The van der Waals surface area contributed by atoms with Crippen LogP contribution in [0.25, 0.3) is 11.0 Å². The van der Waals surface area contributed by atoms with E-state index in [1.165, 1.54) is 12.8 Å². The number of nitrogens with zero attached hydrogens (tertiary/aromatic N) is 1. The van der Waals surface area contributed by atoms with Crippen LogP contribution in [0.15, 0.2) is 39.5 Å². The second-order valence-corrected chi connectivity index (χ2v) is 7.60. The van der Waals surface area contributed by atoms with Crippen molar-refractivity contribution in [1.29, 1.82) is 0 Å². The highest BCUT2D eigenvalue weighted by atomic mass is 16.5. The molecule has 0 unspecified atom stereocenters. The summed E-state index contributed by atoms with van der Waals surface area (Å²) in [6.45, 7) is 6.07. The minimum atomic E-state index is -0.364. The van der Waals surface area contributed by atoms with E-state index in [9.17, 15) is 9.59 Å². The maximum absolute atomic E-state index is 12.7. The van der Waals surface area contributed by atoms with Crippen molar-refractivity contribution < 1.29 is 13.9 Å². The Kier molecular flexibility index (Phi) is 4.84. The highest BCUT2D eigenvalue weighted by Gasteiger charge is 2.28. The van der Waals surface area contributed by atoms with Gasteiger partial charge in [0.15, 0.2) is 6.61 Å². The number of ketones is 1. The van der Waals surface area contributed by atoms with Gasteiger partial charge in [0.1, 0.15) is 11.3 Å². The summed E-state index contributed by atoms with van der Waals surface area (Å²) in [5, 5.41) is 0.910. The number of hydrogen-bond acceptors (Lipinski definition) is 4. The van der Waals surface area contributed by atoms with Crippen molar-refractivity contribution in [3.05, 3.63) is 63.3 Å². The molecule has 2 aromatic heterocycles. The molecule has 1 aliphatic carbocycles. The normalized spacial score (nSPS) is 13.8. The van der Waals surface area contributed by atoms with Crippen molar-refractivity contribution in [3.8, 4) is 5.75 Å². The lowest BCUT2D eigenvalue weighted by molar-refractivity contribution is 0.0921. The molecular formula is C23H25NO4. The Morgan fingerprint density at radius 3 is 2.71 bits per heavy atom. The van der Waals surface area contributed by atoms with E-state index in [0.29, 0.717) is 17.4 Å². The van der Waals surface area contributed by atoms with Gasteiger partial charge < -0.3 is 13.7 Å². The van der Waals surface area contributed by atoms with Crippen LogP contribution < -0.4 is 10.4 Å². The van der Waals surface area contributed by atoms with E-state index in [-0.39, 0.29) is 18.0 Å². The molecule has 28 heavy (non-hydrogen) atoms. The number of benzene rings is 1. The average molecular weight is 379 g/mol. The first-order valence-electron chi connectivity index (χ1n) is 9.89. The predicted molar refractivity (Wildman–Crippen MR) is 108 cm³/mol. The molecule has 5 nitrogen and oxygen atoms in total. The lowest BCUT2D eigenvalue weighted by Crippen LogP contribution is -2.13. The fourth-order valence-electron chi connectivity index (χ4n) is 3.96. The second-order valence-electron chi connectivity index (χ2n) is 7.60. The number of fused-ring (bicyclic) bond motifs is 1. The molecule has 0 aliphatic heterocycles. The topological polar surface area (TPSA) is 61.4 Å². The molecule has 0 radical (unpaired) electrons. The summed E-state index contributed by atoms with van der Waals surface area (Å²) in [5.41, 5.74) is 3.97. The molecule has 0 spiro atoms. The summed E-state index contributed by atoms with van der Waals surface area (Å²) < 4.78 is 13.3. The number of Topliss-reactive ketones (excluding diaryl/α,β-unsaturated/α-hetero) is 1. The van der Waals surface area contributed by atoms with Crippen molar-refractivity contribution in [2.45, 2.75) is 52.5 Å². The van der Waals surface area contributed by atoms with Gasteiger partial charge in [0.05, 0.1) is 0 Å². The van der Waals surface area contributed by atoms with E-state index in [0.717, 1.165) is 40.7 Å². The van der Waals surface area contributed by atoms with Crippen LogP contribution in [0.5, 0.6) is 5.75 Å². The van der Waals surface area contributed by atoms with Gasteiger partial charge in [0.2, 0.25) is 5.78 Å². The van der Waals surface area contributed by atoms with E-state index in [1.807, 2.05) is 32.0 Å². The Morgan fingerprint density at radius 1 is 1.21 bits per heavy atom. The Morgan fingerprint density at radius 2 is 2.00 bits per heavy atom. The molecule has 2 heterocycles. The largest absolute Gasteiger partial charge is 0.485 e. The standard InChI is InChI=1S/C23H25NO4/c1-4-5-16-11-23(26)28-22-12-18(8-9-19(16)22)27-13-21(25)20-10-14(2)24(15(20)3)17-6-7-17/h8-12,17H,4-7,13H2,1-3H3. The monoisotopic (exact) mass is 379 g/mol. The van der Waals surface area contributed by atoms with Crippen LogP contribution in [0.2, 0.25) is 0 Å². The Bertz CT molecular complexity index is 1100. The second kappa shape index (κ2) is 7.30. The number of carbonyl (C=O) groups is 1. The summed E-state index contributed by atoms with van der Waals surface area (Å²) in [6.07, 6.45) is 4.13. The number of ether oxygens (including phenoxy) is 1. The van der Waals surface area contributed by atoms with Gasteiger partial charge in [-0.3, -0.25) is 4.79 Å². The number of hydrogen-bond donors (Lipinski definition) is 0. The number of carbonyl (C=O) groups excluding carboxylic acids is 1. The fourth-order valence-corrected chi connectivity index (χ4v) is 3.96. The SMILES string of the molecule is CCCc1cc(=O)oc2cc(OCC(=O)c3cc(C)n(C4CC4)c3C)ccc12. The van der Waals surface area contributed by atoms with E-state index in [2.05, 4.69) is 11.5 Å². The minimum absolute atomic E-state index is 0.0405. The lowest BCUT2D eigenvalue weighted by atomic mass is 10.1. The third kappa shape index (κ3) is 3.49. The zero-order chi connectivity index (χ0) is 19.8. The van der Waals surface area contributed by atoms with Crippen molar-refractivity contribution in [2.24, 2.45) is 0 Å². The first-order valence-corrected chi connectivity index (χ1v) is 9.89. The summed E-state index contributed by atoms with van der Waals surface area (Å²) in [7, 11) is 0. The Labute approximate surface area is 163 Å². The highest BCUT2D eigenvalue weighted by molar-refractivity contribution is 5.98. The minimum Gasteiger partial charge on any atom is -0.485 e. The highest BCUT2D eigenvalue weighted by Crippen LogP contribution is 2.38. The van der Waals surface area contributed by atoms with Gasteiger partial charge in [-0.05, 0) is 56.9 Å². The summed E-state index contributed by atoms with van der Waals surface area (Å²) in [5.74, 6) is 0.481. The molecule has 1 fully saturated rings. The molecular weight excluding hydrogens is 354 g/mol. The average Bonchev–Trinajstić information content (AvgIpc) is 3.44. The molecule has 0 bridgehead atoms. The van der Waals surface area contributed by atoms with E-state index >= 15 is 0 Å². The van der Waals surface area contributed by atoms with Crippen LogP contribution >= 0.6 is 0 Å². The smallest absolute Gasteiger partial charge is 0.336 e. The van der Waals surface area contributed by atoms with Crippen LogP contribution in [-0.4, -0.2) is 17.0 Å². The van der Waals surface area contributed by atoms with Crippen molar-refractivity contribution in [2.75, 3.05) is 6.61 Å². The summed E-state index contributed by atoms with van der Waals surface area (Å²) >= 11 is 0. The first-order chi connectivity index (χ1) is 13.5. The molecule has 1 aromatic carbocycles. The van der Waals surface area contributed by atoms with Crippen LogP contribution in [-0.2, 0) is 6.42 Å². The van der Waals surface area contributed by atoms with Gasteiger partial charge in [0.25, 0.3) is 0 Å². The van der Waals surface area contributed by atoms with Gasteiger partial charge in [-0.15, -0.1) is 0 Å². The predicted octanol–water partition coefficient (Wildman–Crippen LogP) is 4.76. The third-order valence-electron chi connectivity index (χ3n) is 5.39. The zero-order valence-corrected chi connectivity index (χ0v) is 16.6. The summed E-state index contributed by atoms with van der Waals surface area (Å²) in [6, 6.07) is 9.45. The van der Waals surface area contributed by atoms with Crippen molar-refractivity contribution in [3.63, 3.8) is 0 Å². The molecule has 0 N–H and O–H groups in total. The van der Waals surface area contributed by atoms with E-state index in [4.69, 9.17) is 9.15 Å². The van der Waals surface area contributed by atoms with E-state index < -0.39 is 0 Å². The first kappa shape index (κ1) is 18.5. The number of aromatic nitrogens is 1. The molecule has 0 atom stereocenters. The van der Waals surface area contributed by atoms with Crippen molar-refractivity contribution in [1.82, 2.24) is 4.57 Å². The molecule has 1 aliphatic rings. The van der Waals surface area contributed by atoms with Crippen LogP contribution in [0.1, 0.15) is 59.5 Å². The molecule has 146 valence electrons. The lowest BCUT2D eigenvalue weighted by Gasteiger charge is -2.09. The maximum atomic E-state index is 12.7. The van der Waals surface area contributed by atoms with Crippen LogP contribution in [0.3, 0.4) is 0 Å². The van der Waals surface area contributed by atoms with Gasteiger partial charge >= 0.3 is 5.63 Å².